The molecule has 0 aromatic rings. The quantitative estimate of drug-likeness (QED) is 0.249. The Kier molecular flexibility index (Phi) is 6.25. The van der Waals surface area contributed by atoms with Crippen molar-refractivity contribution in [2.45, 2.75) is 105 Å². The van der Waals surface area contributed by atoms with Crippen molar-refractivity contribution in [3.05, 3.63) is 11.6 Å². The second-order valence-electron chi connectivity index (χ2n) is 15.1. The Morgan fingerprint density at radius 2 is 1.59 bits per heavy atom. The van der Waals surface area contributed by atoms with Crippen molar-refractivity contribution in [2.24, 2.45) is 50.2 Å². The van der Waals surface area contributed by atoms with Gasteiger partial charge in [-0.15, -0.1) is 0 Å². The van der Waals surface area contributed by atoms with E-state index in [2.05, 4.69) is 39.3 Å². The number of aliphatic hydroxyl groups is 4. The number of aliphatic hydroxyl groups excluding tert-OH is 4. The molecule has 0 spiro atoms. The fraction of sp³-hybridized carbons (Fsp3) is 0.900. The van der Waals surface area contributed by atoms with Crippen LogP contribution < -0.4 is 5.48 Å². The number of Topliss-reactive ketones (excluding diaryl/α,β-unsaturated/α-hetero) is 1. The molecule has 0 aliphatic heterocycles. The van der Waals surface area contributed by atoms with Crippen LogP contribution in [0.15, 0.2) is 11.6 Å². The highest BCUT2D eigenvalue weighted by Crippen LogP contribution is 2.75. The second kappa shape index (κ2) is 8.34. The van der Waals surface area contributed by atoms with Crippen molar-refractivity contribution in [2.75, 3.05) is 13.2 Å². The number of fused-ring (bicyclic) bond motifs is 7. The maximum Gasteiger partial charge on any atom is 0.164 e. The molecule has 5 rings (SSSR count). The van der Waals surface area contributed by atoms with Crippen LogP contribution in [0.4, 0.5) is 0 Å². The van der Waals surface area contributed by atoms with Crippen LogP contribution >= 0.6 is 0 Å². The average Bonchev–Trinajstić information content (AvgIpc) is 2.82. The summed E-state index contributed by atoms with van der Waals surface area (Å²) < 4.78 is 0. The highest BCUT2D eigenvalue weighted by Gasteiger charge is 2.72. The van der Waals surface area contributed by atoms with Gasteiger partial charge in [0.05, 0.1) is 36.9 Å². The molecule has 5 aliphatic rings. The van der Waals surface area contributed by atoms with E-state index in [4.69, 9.17) is 0 Å². The number of rotatable bonds is 3. The molecule has 7 nitrogen and oxygen atoms in total. The van der Waals surface area contributed by atoms with Gasteiger partial charge in [0, 0.05) is 5.41 Å². The topological polar surface area (TPSA) is 130 Å². The number of nitrogens with one attached hydrogen (secondary N) is 1. The SMILES string of the molecule is CC1(C)CC2C3=CCC4C5(C)CCC(O)C(C)(CO)C5CCC4(C)C3(C)CC(O)C2(CO)C(=O)C1NO. The van der Waals surface area contributed by atoms with Gasteiger partial charge in [-0.05, 0) is 84.4 Å². The van der Waals surface area contributed by atoms with E-state index in [9.17, 15) is 30.4 Å². The van der Waals surface area contributed by atoms with Crippen molar-refractivity contribution in [3.63, 3.8) is 0 Å². The van der Waals surface area contributed by atoms with E-state index in [1.54, 1.807) is 0 Å². The Morgan fingerprint density at radius 3 is 2.19 bits per heavy atom. The molecule has 210 valence electrons. The molecular weight excluding hydrogens is 470 g/mol. The molecule has 11 atom stereocenters. The third kappa shape index (κ3) is 3.13. The molecule has 0 bridgehead atoms. The van der Waals surface area contributed by atoms with Gasteiger partial charge in [-0.2, -0.15) is 5.48 Å². The summed E-state index contributed by atoms with van der Waals surface area (Å²) in [5, 5.41) is 53.8. The molecule has 7 heteroatoms. The highest BCUT2D eigenvalue weighted by molar-refractivity contribution is 5.93. The van der Waals surface area contributed by atoms with Gasteiger partial charge >= 0.3 is 0 Å². The Balaban J connectivity index is 1.63. The predicted molar refractivity (Wildman–Crippen MR) is 139 cm³/mol. The first kappa shape index (κ1) is 27.7. The average molecular weight is 520 g/mol. The summed E-state index contributed by atoms with van der Waals surface area (Å²) >= 11 is 0. The van der Waals surface area contributed by atoms with Gasteiger partial charge in [0.1, 0.15) is 0 Å². The van der Waals surface area contributed by atoms with Crippen LogP contribution in [-0.2, 0) is 4.79 Å². The summed E-state index contributed by atoms with van der Waals surface area (Å²) in [4.78, 5) is 13.9. The predicted octanol–water partition coefficient (Wildman–Crippen LogP) is 3.22. The van der Waals surface area contributed by atoms with E-state index in [0.717, 1.165) is 25.7 Å². The standard InChI is InChI=1S/C30H49NO6/c1-25(2)13-18-17-7-8-20-26(3)11-10-21(34)27(4,15-32)19(26)9-12-28(20,5)29(17,6)14-22(35)30(18,16-33)24(36)23(25)31-37/h7,18-23,31-35,37H,8-16H2,1-6H3. The van der Waals surface area contributed by atoms with E-state index in [1.807, 2.05) is 13.8 Å². The lowest BCUT2D eigenvalue weighted by Gasteiger charge is -2.72. The van der Waals surface area contributed by atoms with Crippen LogP contribution in [-0.4, -0.2) is 62.9 Å². The van der Waals surface area contributed by atoms with Crippen molar-refractivity contribution in [3.8, 4) is 0 Å². The Bertz CT molecular complexity index is 997. The Hall–Kier alpha value is -0.830. The molecule has 5 aliphatic carbocycles. The maximum atomic E-state index is 13.9. The number of hydrogen-bond donors (Lipinski definition) is 6. The number of hydrogen-bond acceptors (Lipinski definition) is 7. The van der Waals surface area contributed by atoms with E-state index >= 15 is 0 Å². The normalized spacial score (nSPS) is 54.9. The van der Waals surface area contributed by atoms with Crippen LogP contribution in [0.2, 0.25) is 0 Å². The first-order valence-corrected chi connectivity index (χ1v) is 14.4. The van der Waals surface area contributed by atoms with E-state index < -0.39 is 41.1 Å². The van der Waals surface area contributed by atoms with Crippen LogP contribution in [0.3, 0.4) is 0 Å². The lowest BCUT2D eigenvalue weighted by molar-refractivity contribution is -0.226. The van der Waals surface area contributed by atoms with Crippen molar-refractivity contribution < 1.29 is 30.4 Å². The number of hydroxylamine groups is 1. The van der Waals surface area contributed by atoms with Gasteiger partial charge in [-0.3, -0.25) is 4.79 Å². The third-order valence-corrected chi connectivity index (χ3v) is 13.5. The van der Waals surface area contributed by atoms with E-state index in [-0.39, 0.29) is 40.5 Å². The van der Waals surface area contributed by atoms with Gasteiger partial charge in [-0.1, -0.05) is 53.2 Å². The molecule has 4 saturated carbocycles. The smallest absolute Gasteiger partial charge is 0.164 e. The number of ketones is 1. The summed E-state index contributed by atoms with van der Waals surface area (Å²) in [6.07, 6.45) is 6.09. The van der Waals surface area contributed by atoms with E-state index in [1.165, 1.54) is 5.57 Å². The molecule has 0 saturated heterocycles. The summed E-state index contributed by atoms with van der Waals surface area (Å²) in [6, 6.07) is -0.846. The number of carbonyl (C=O) groups is 1. The molecular formula is C30H49NO6. The lowest BCUT2D eigenvalue weighted by atomic mass is 9.33. The highest BCUT2D eigenvalue weighted by atomic mass is 16.5. The second-order valence-corrected chi connectivity index (χ2v) is 15.1. The van der Waals surface area contributed by atoms with Crippen molar-refractivity contribution >= 4 is 5.78 Å². The summed E-state index contributed by atoms with van der Waals surface area (Å²) in [6.45, 7) is 12.6. The molecule has 0 amide bonds. The zero-order chi connectivity index (χ0) is 27.4. The van der Waals surface area contributed by atoms with Gasteiger partial charge in [-0.25, -0.2) is 0 Å². The minimum absolute atomic E-state index is 0.0206. The molecule has 0 heterocycles. The first-order valence-electron chi connectivity index (χ1n) is 14.4. The Labute approximate surface area is 221 Å². The van der Waals surface area contributed by atoms with Gasteiger partial charge in [0.25, 0.3) is 0 Å². The van der Waals surface area contributed by atoms with Gasteiger partial charge < -0.3 is 25.6 Å². The fourth-order valence-electron chi connectivity index (χ4n) is 10.9. The first-order chi connectivity index (χ1) is 17.1. The summed E-state index contributed by atoms with van der Waals surface area (Å²) in [5.41, 5.74) is 0.474. The van der Waals surface area contributed by atoms with Crippen LogP contribution in [0.25, 0.3) is 0 Å². The summed E-state index contributed by atoms with van der Waals surface area (Å²) in [5.74, 6) is -0.0597. The molecule has 4 fully saturated rings. The largest absolute Gasteiger partial charge is 0.396 e. The lowest BCUT2D eigenvalue weighted by Crippen LogP contribution is -2.71. The molecule has 6 N–H and O–H groups in total. The van der Waals surface area contributed by atoms with Crippen LogP contribution in [0, 0.1) is 50.2 Å². The van der Waals surface area contributed by atoms with Crippen molar-refractivity contribution in [1.82, 2.24) is 5.48 Å². The maximum absolute atomic E-state index is 13.9. The molecule has 37 heavy (non-hydrogen) atoms. The molecule has 0 aromatic carbocycles. The van der Waals surface area contributed by atoms with Gasteiger partial charge in [0.15, 0.2) is 5.78 Å². The minimum atomic E-state index is -1.32. The van der Waals surface area contributed by atoms with Crippen LogP contribution in [0.5, 0.6) is 0 Å². The molecule has 0 aromatic heterocycles. The van der Waals surface area contributed by atoms with Crippen LogP contribution in [0.1, 0.15) is 86.5 Å². The summed E-state index contributed by atoms with van der Waals surface area (Å²) in [7, 11) is 0. The zero-order valence-corrected chi connectivity index (χ0v) is 23.5. The van der Waals surface area contributed by atoms with Gasteiger partial charge in [0.2, 0.25) is 0 Å². The number of carbonyl (C=O) groups excluding carboxylic acids is 1. The van der Waals surface area contributed by atoms with Crippen molar-refractivity contribution in [1.29, 1.82) is 0 Å². The zero-order valence-electron chi connectivity index (χ0n) is 23.5. The Morgan fingerprint density at radius 1 is 0.919 bits per heavy atom. The monoisotopic (exact) mass is 519 g/mol. The number of allylic oxidation sites excluding steroid dienone is 2. The molecule has 11 unspecified atom stereocenters. The fourth-order valence-corrected chi connectivity index (χ4v) is 10.9. The third-order valence-electron chi connectivity index (χ3n) is 13.5. The minimum Gasteiger partial charge on any atom is -0.396 e. The molecule has 0 radical (unpaired) electrons. The van der Waals surface area contributed by atoms with E-state index in [0.29, 0.717) is 25.2 Å².